The molecule has 0 radical (unpaired) electrons. The number of carbonyl (C=O) groups excluding carboxylic acids is 1. The predicted molar refractivity (Wildman–Crippen MR) is 102 cm³/mol. The number of fused-ring (bicyclic) bond motifs is 3. The minimum Gasteiger partial charge on any atom is -0.336 e. The standard InChI is InChI=1S/C18H19F4N5OS/c1-25-6-8-26(9-7-25)16(28)14-12(10-29)24-27-13-5-3-2-4-11(13)17(19,18(20,21)22)23-15(14)27/h2-5,23,29H,6-10H2,1H3. The number of halogens is 4. The first-order chi connectivity index (χ1) is 13.7. The number of anilines is 1. The van der Waals surface area contributed by atoms with Gasteiger partial charge in [0.05, 0.1) is 11.4 Å². The maximum absolute atomic E-state index is 15.4. The molecular weight excluding hydrogens is 410 g/mol. The van der Waals surface area contributed by atoms with Crippen LogP contribution in [0.25, 0.3) is 5.69 Å². The number of nitrogens with one attached hydrogen (secondary N) is 1. The summed E-state index contributed by atoms with van der Waals surface area (Å²) in [5.74, 6) is -4.62. The molecule has 1 atom stereocenters. The zero-order chi connectivity index (χ0) is 21.0. The van der Waals surface area contributed by atoms with Gasteiger partial charge in [-0.2, -0.15) is 30.9 Å². The number of para-hydroxylation sites is 1. The Morgan fingerprint density at radius 1 is 1.24 bits per heavy atom. The lowest BCUT2D eigenvalue weighted by atomic mass is 9.98. The van der Waals surface area contributed by atoms with Gasteiger partial charge in [0, 0.05) is 37.5 Å². The first-order valence-corrected chi connectivity index (χ1v) is 9.65. The van der Waals surface area contributed by atoms with Crippen LogP contribution in [0, 0.1) is 0 Å². The van der Waals surface area contributed by atoms with Crippen molar-refractivity contribution in [2.45, 2.75) is 17.7 Å². The van der Waals surface area contributed by atoms with Gasteiger partial charge >= 0.3 is 12.0 Å². The zero-order valence-corrected chi connectivity index (χ0v) is 16.4. The van der Waals surface area contributed by atoms with Gasteiger partial charge in [0.25, 0.3) is 5.91 Å². The van der Waals surface area contributed by atoms with Crippen LogP contribution in [0.5, 0.6) is 0 Å². The number of amides is 1. The molecule has 0 aliphatic carbocycles. The van der Waals surface area contributed by atoms with E-state index in [9.17, 15) is 18.0 Å². The van der Waals surface area contributed by atoms with E-state index in [0.717, 1.165) is 10.7 Å². The van der Waals surface area contributed by atoms with E-state index in [1.54, 1.807) is 4.90 Å². The van der Waals surface area contributed by atoms with Crippen LogP contribution in [0.15, 0.2) is 24.3 Å². The van der Waals surface area contributed by atoms with Crippen molar-refractivity contribution in [3.05, 3.63) is 41.1 Å². The van der Waals surface area contributed by atoms with Gasteiger partial charge in [0.15, 0.2) is 0 Å². The van der Waals surface area contributed by atoms with Crippen molar-refractivity contribution in [2.75, 3.05) is 38.5 Å². The van der Waals surface area contributed by atoms with Crippen LogP contribution in [-0.4, -0.2) is 64.9 Å². The Bertz CT molecular complexity index is 954. The number of benzene rings is 1. The molecular formula is C18H19F4N5OS. The molecule has 29 heavy (non-hydrogen) atoms. The molecule has 11 heteroatoms. The summed E-state index contributed by atoms with van der Waals surface area (Å²) in [6.45, 7) is 2.11. The number of aromatic nitrogens is 2. The Labute approximate surface area is 169 Å². The summed E-state index contributed by atoms with van der Waals surface area (Å²) < 4.78 is 57.7. The number of hydrogen-bond donors (Lipinski definition) is 2. The van der Waals surface area contributed by atoms with Crippen LogP contribution in [0.4, 0.5) is 23.4 Å². The SMILES string of the molecule is CN1CCN(C(=O)c2c(CS)nn3c2NC(F)(C(F)(F)F)c2ccccc2-3)CC1. The van der Waals surface area contributed by atoms with Gasteiger partial charge in [0.2, 0.25) is 0 Å². The van der Waals surface area contributed by atoms with E-state index >= 15 is 4.39 Å². The maximum Gasteiger partial charge on any atom is 0.446 e. The van der Waals surface area contributed by atoms with Crippen LogP contribution < -0.4 is 5.32 Å². The van der Waals surface area contributed by atoms with E-state index in [0.29, 0.717) is 26.2 Å². The van der Waals surface area contributed by atoms with E-state index in [4.69, 9.17) is 0 Å². The molecule has 1 fully saturated rings. The number of thiol groups is 1. The van der Waals surface area contributed by atoms with E-state index in [2.05, 4.69) is 17.7 Å². The smallest absolute Gasteiger partial charge is 0.336 e. The zero-order valence-electron chi connectivity index (χ0n) is 15.5. The summed E-state index contributed by atoms with van der Waals surface area (Å²) >= 11 is 4.18. The Kier molecular flexibility index (Phi) is 4.77. The van der Waals surface area contributed by atoms with E-state index in [1.165, 1.54) is 18.2 Å². The molecule has 1 aromatic heterocycles. The van der Waals surface area contributed by atoms with E-state index < -0.39 is 23.4 Å². The highest BCUT2D eigenvalue weighted by molar-refractivity contribution is 7.79. The highest BCUT2D eigenvalue weighted by Gasteiger charge is 2.61. The minimum absolute atomic E-state index is 0.0178. The molecule has 1 amide bonds. The first kappa shape index (κ1) is 20.0. The lowest BCUT2D eigenvalue weighted by Gasteiger charge is -2.36. The number of likely N-dealkylation sites (N-methyl/N-ethyl adjacent to an activating group) is 1. The molecule has 1 unspecified atom stereocenters. The molecule has 4 rings (SSSR count). The first-order valence-electron chi connectivity index (χ1n) is 9.01. The number of hydrogen-bond acceptors (Lipinski definition) is 5. The minimum atomic E-state index is -5.24. The highest BCUT2D eigenvalue weighted by atomic mass is 32.1. The third kappa shape index (κ3) is 3.07. The number of rotatable bonds is 2. The van der Waals surface area contributed by atoms with Crippen LogP contribution in [0.1, 0.15) is 21.6 Å². The molecule has 1 saturated heterocycles. The van der Waals surface area contributed by atoms with Gasteiger partial charge < -0.3 is 15.1 Å². The second-order valence-electron chi connectivity index (χ2n) is 7.13. The number of carbonyl (C=O) groups is 1. The average Bonchev–Trinajstić information content (AvgIpc) is 3.06. The lowest BCUT2D eigenvalue weighted by molar-refractivity contribution is -0.225. The van der Waals surface area contributed by atoms with Gasteiger partial charge in [-0.1, -0.05) is 18.2 Å². The van der Waals surface area contributed by atoms with E-state index in [-0.39, 0.29) is 28.5 Å². The molecule has 1 aromatic carbocycles. The Balaban J connectivity index is 1.87. The van der Waals surface area contributed by atoms with Crippen molar-refractivity contribution in [2.24, 2.45) is 0 Å². The Morgan fingerprint density at radius 2 is 1.90 bits per heavy atom. The summed E-state index contributed by atoms with van der Waals surface area (Å²) in [7, 11) is 1.92. The normalized spacial score (nSPS) is 22.1. The summed E-state index contributed by atoms with van der Waals surface area (Å²) in [4.78, 5) is 16.8. The van der Waals surface area contributed by atoms with Crippen molar-refractivity contribution in [3.63, 3.8) is 0 Å². The molecule has 2 aromatic rings. The van der Waals surface area contributed by atoms with Crippen molar-refractivity contribution in [3.8, 4) is 5.69 Å². The van der Waals surface area contributed by atoms with Crippen molar-refractivity contribution < 1.29 is 22.4 Å². The fraction of sp³-hybridized carbons (Fsp3) is 0.444. The predicted octanol–water partition coefficient (Wildman–Crippen LogP) is 2.80. The molecule has 156 valence electrons. The fourth-order valence-corrected chi connectivity index (χ4v) is 3.88. The molecule has 6 nitrogen and oxygen atoms in total. The number of nitrogens with zero attached hydrogens (tertiary/aromatic N) is 4. The molecule has 0 bridgehead atoms. The van der Waals surface area contributed by atoms with Crippen LogP contribution in [0.3, 0.4) is 0 Å². The fourth-order valence-electron chi connectivity index (χ4n) is 3.66. The maximum atomic E-state index is 15.4. The summed E-state index contributed by atoms with van der Waals surface area (Å²) in [5.41, 5.74) is -0.556. The summed E-state index contributed by atoms with van der Waals surface area (Å²) in [6, 6.07) is 5.22. The topological polar surface area (TPSA) is 53.4 Å². The Morgan fingerprint density at radius 3 is 2.52 bits per heavy atom. The van der Waals surface area contributed by atoms with Gasteiger partial charge in [-0.05, 0) is 13.1 Å². The molecule has 2 aliphatic rings. The van der Waals surface area contributed by atoms with E-state index in [1.807, 2.05) is 17.3 Å². The van der Waals surface area contributed by atoms with Crippen LogP contribution >= 0.6 is 12.6 Å². The molecule has 0 saturated carbocycles. The second kappa shape index (κ2) is 6.91. The van der Waals surface area contributed by atoms with Crippen LogP contribution in [-0.2, 0) is 11.5 Å². The van der Waals surface area contributed by atoms with Gasteiger partial charge in [-0.25, -0.2) is 9.07 Å². The molecule has 2 aliphatic heterocycles. The van der Waals surface area contributed by atoms with Gasteiger partial charge in [-0.15, -0.1) is 0 Å². The van der Waals surface area contributed by atoms with Gasteiger partial charge in [-0.3, -0.25) is 4.79 Å². The Hall–Kier alpha value is -2.27. The monoisotopic (exact) mass is 429 g/mol. The van der Waals surface area contributed by atoms with Gasteiger partial charge in [0.1, 0.15) is 11.4 Å². The highest BCUT2D eigenvalue weighted by Crippen LogP contribution is 2.49. The largest absolute Gasteiger partial charge is 0.446 e. The third-order valence-corrected chi connectivity index (χ3v) is 5.60. The molecule has 1 N–H and O–H groups in total. The summed E-state index contributed by atoms with van der Waals surface area (Å²) in [6.07, 6.45) is -5.24. The quantitative estimate of drug-likeness (QED) is 0.438. The van der Waals surface area contributed by atoms with Crippen LogP contribution in [0.2, 0.25) is 0 Å². The lowest BCUT2D eigenvalue weighted by Crippen LogP contribution is -2.49. The molecule has 3 heterocycles. The molecule has 0 spiro atoms. The number of piperazine rings is 1. The summed E-state index contributed by atoms with van der Waals surface area (Å²) in [5, 5.41) is 6.21. The van der Waals surface area contributed by atoms with Crippen molar-refractivity contribution in [1.82, 2.24) is 19.6 Å². The van der Waals surface area contributed by atoms with Crippen molar-refractivity contribution >= 4 is 24.4 Å². The van der Waals surface area contributed by atoms with Crippen molar-refractivity contribution in [1.29, 1.82) is 0 Å². The third-order valence-electron chi connectivity index (χ3n) is 5.30. The average molecular weight is 429 g/mol. The second-order valence-corrected chi connectivity index (χ2v) is 7.45. The number of alkyl halides is 4.